The van der Waals surface area contributed by atoms with Gasteiger partial charge in [-0.25, -0.2) is 4.79 Å². The third-order valence-corrected chi connectivity index (χ3v) is 6.60. The number of carbonyl (C=O) groups excluding carboxylic acids is 1. The van der Waals surface area contributed by atoms with Gasteiger partial charge in [0, 0.05) is 8.95 Å². The van der Waals surface area contributed by atoms with Crippen molar-refractivity contribution in [3.8, 4) is 23.6 Å². The Morgan fingerprint density at radius 1 is 0.639 bits per heavy atom. The largest absolute Gasteiger partial charge is 0.506 e. The Morgan fingerprint density at radius 3 is 1.39 bits per heavy atom. The number of nitriles is 2. The lowest BCUT2D eigenvalue weighted by molar-refractivity contribution is 0.255. The van der Waals surface area contributed by atoms with Gasteiger partial charge in [0.2, 0.25) is 0 Å². The van der Waals surface area contributed by atoms with Crippen LogP contribution in [0.5, 0.6) is 11.5 Å². The molecule has 0 aliphatic rings. The Morgan fingerprint density at radius 2 is 1.03 bits per heavy atom. The zero-order valence-corrected chi connectivity index (χ0v) is 21.6. The summed E-state index contributed by atoms with van der Waals surface area (Å²) in [6.07, 6.45) is 0. The predicted molar refractivity (Wildman–Crippen MR) is 144 cm³/mol. The Bertz CT molecular complexity index is 1450. The van der Waals surface area contributed by atoms with Crippen molar-refractivity contribution in [2.45, 2.75) is 0 Å². The average Bonchev–Trinajstić information content (AvgIpc) is 2.88. The van der Waals surface area contributed by atoms with E-state index in [1.165, 1.54) is 41.3 Å². The van der Waals surface area contributed by atoms with Crippen molar-refractivity contribution in [3.05, 3.63) is 105 Å². The van der Waals surface area contributed by atoms with E-state index >= 15 is 0 Å². The monoisotopic (exact) mass is 602 g/mol. The quantitative estimate of drug-likeness (QED) is 0.251. The van der Waals surface area contributed by atoms with Gasteiger partial charge in [0.25, 0.3) is 0 Å². The topological polar surface area (TPSA) is 112 Å². The third kappa shape index (κ3) is 4.76. The summed E-state index contributed by atoms with van der Waals surface area (Å²) in [4.78, 5) is 17.0. The van der Waals surface area contributed by atoms with Gasteiger partial charge in [-0.1, -0.05) is 24.3 Å². The lowest BCUT2D eigenvalue weighted by atomic mass is 10.1. The van der Waals surface area contributed by atoms with E-state index in [4.69, 9.17) is 0 Å². The summed E-state index contributed by atoms with van der Waals surface area (Å²) >= 11 is 7.03. The summed E-state index contributed by atoms with van der Waals surface area (Å²) in [6.45, 7) is 0. The second kappa shape index (κ2) is 10.5. The van der Waals surface area contributed by atoms with Gasteiger partial charge in [-0.15, -0.1) is 0 Å². The molecular formula is C27H16Br2N4O3. The molecule has 4 rings (SSSR count). The molecule has 4 aromatic carbocycles. The maximum atomic E-state index is 14.4. The van der Waals surface area contributed by atoms with Crippen molar-refractivity contribution in [2.75, 3.05) is 9.80 Å². The molecule has 0 bridgehead atoms. The van der Waals surface area contributed by atoms with E-state index in [1.54, 1.807) is 36.4 Å². The van der Waals surface area contributed by atoms with Gasteiger partial charge in [-0.3, -0.25) is 9.80 Å². The first kappa shape index (κ1) is 24.8. The van der Waals surface area contributed by atoms with E-state index in [2.05, 4.69) is 31.9 Å². The third-order valence-electron chi connectivity index (χ3n) is 5.26. The minimum atomic E-state index is -0.645. The van der Waals surface area contributed by atoms with Crippen LogP contribution in [0.1, 0.15) is 11.1 Å². The van der Waals surface area contributed by atoms with Gasteiger partial charge in [-0.05, 0) is 92.5 Å². The maximum absolute atomic E-state index is 14.4. The molecule has 0 unspecified atom stereocenters. The second-order valence-corrected chi connectivity index (χ2v) is 9.20. The van der Waals surface area contributed by atoms with Crippen molar-refractivity contribution in [2.24, 2.45) is 0 Å². The highest BCUT2D eigenvalue weighted by Gasteiger charge is 2.32. The summed E-state index contributed by atoms with van der Waals surface area (Å²) in [5.41, 5.74) is 1.45. The number of rotatable bonds is 4. The van der Waals surface area contributed by atoms with Crippen molar-refractivity contribution < 1.29 is 15.0 Å². The molecule has 9 heteroatoms. The summed E-state index contributed by atoms with van der Waals surface area (Å²) < 4.78 is 1.25. The molecular weight excluding hydrogens is 588 g/mol. The molecule has 0 saturated heterocycles. The second-order valence-electron chi connectivity index (χ2n) is 7.49. The number of para-hydroxylation sites is 2. The van der Waals surface area contributed by atoms with E-state index in [0.29, 0.717) is 20.3 Å². The van der Waals surface area contributed by atoms with Crippen LogP contribution in [0.2, 0.25) is 0 Å². The van der Waals surface area contributed by atoms with E-state index in [9.17, 15) is 25.5 Å². The highest BCUT2D eigenvalue weighted by Crippen LogP contribution is 2.43. The Labute approximate surface area is 223 Å². The first-order valence-electron chi connectivity index (χ1n) is 10.4. The van der Waals surface area contributed by atoms with Gasteiger partial charge in [0.1, 0.15) is 11.5 Å². The van der Waals surface area contributed by atoms with Crippen LogP contribution in [0.25, 0.3) is 0 Å². The zero-order valence-electron chi connectivity index (χ0n) is 18.4. The first-order chi connectivity index (χ1) is 17.3. The molecule has 0 radical (unpaired) electrons. The highest BCUT2D eigenvalue weighted by atomic mass is 79.9. The molecule has 0 aromatic heterocycles. The standard InChI is InChI=1S/C27H16Br2N4O3/c28-19-5-1-3-7-21(19)32(22-8-4-2-6-20(22)29)27(36)33(23-11-9-17(15-30)13-25(23)34)24-12-10-18(16-31)14-26(24)35/h1-14,34-35H. The van der Waals surface area contributed by atoms with Crippen LogP contribution >= 0.6 is 31.9 Å². The summed E-state index contributed by atoms with van der Waals surface area (Å²) in [7, 11) is 0. The minimum absolute atomic E-state index is 0.0307. The summed E-state index contributed by atoms with van der Waals surface area (Å²) in [5.74, 6) is -0.685. The maximum Gasteiger partial charge on any atom is 0.338 e. The van der Waals surface area contributed by atoms with Crippen LogP contribution in [0.3, 0.4) is 0 Å². The molecule has 2 amide bonds. The van der Waals surface area contributed by atoms with Gasteiger partial charge in [-0.2, -0.15) is 10.5 Å². The van der Waals surface area contributed by atoms with Gasteiger partial charge < -0.3 is 10.2 Å². The van der Waals surface area contributed by atoms with Crippen molar-refractivity contribution in [1.82, 2.24) is 0 Å². The number of amides is 2. The van der Waals surface area contributed by atoms with Gasteiger partial charge >= 0.3 is 6.03 Å². The molecule has 4 aromatic rings. The number of benzene rings is 4. The number of anilines is 4. The molecule has 0 saturated carbocycles. The molecule has 2 N–H and O–H groups in total. The number of halogens is 2. The van der Waals surface area contributed by atoms with Crippen LogP contribution in [0.4, 0.5) is 27.5 Å². The fraction of sp³-hybridized carbons (Fsp3) is 0. The van der Waals surface area contributed by atoms with Crippen LogP contribution in [-0.2, 0) is 0 Å². The van der Waals surface area contributed by atoms with Crippen LogP contribution in [-0.4, -0.2) is 16.2 Å². The SMILES string of the molecule is N#Cc1ccc(N(C(=O)N(c2ccccc2Br)c2ccccc2Br)c2ccc(C#N)cc2O)c(O)c1. The summed E-state index contributed by atoms with van der Waals surface area (Å²) in [6, 6.07) is 25.7. The number of hydrogen-bond donors (Lipinski definition) is 2. The first-order valence-corrected chi connectivity index (χ1v) is 12.0. The average molecular weight is 604 g/mol. The zero-order chi connectivity index (χ0) is 25.8. The molecule has 0 atom stereocenters. The molecule has 176 valence electrons. The lowest BCUT2D eigenvalue weighted by Gasteiger charge is -2.32. The smallest absolute Gasteiger partial charge is 0.338 e. The highest BCUT2D eigenvalue weighted by molar-refractivity contribution is 9.11. The molecule has 36 heavy (non-hydrogen) atoms. The van der Waals surface area contributed by atoms with Crippen LogP contribution in [0, 0.1) is 22.7 Å². The van der Waals surface area contributed by atoms with E-state index in [0.717, 1.165) is 4.90 Å². The van der Waals surface area contributed by atoms with Gasteiger partial charge in [0.15, 0.2) is 0 Å². The normalized spacial score (nSPS) is 10.2. The molecule has 7 nitrogen and oxygen atoms in total. The number of nitrogens with zero attached hydrogens (tertiary/aromatic N) is 4. The van der Waals surface area contributed by atoms with Gasteiger partial charge in [0.05, 0.1) is 46.0 Å². The number of phenols is 2. The molecule has 0 fully saturated rings. The number of carbonyl (C=O) groups is 1. The van der Waals surface area contributed by atoms with Crippen molar-refractivity contribution >= 4 is 60.6 Å². The fourth-order valence-corrected chi connectivity index (χ4v) is 4.53. The number of phenolic OH excluding ortho intramolecular Hbond substituents is 2. The number of hydrogen-bond acceptors (Lipinski definition) is 5. The van der Waals surface area contributed by atoms with Crippen LogP contribution in [0.15, 0.2) is 93.9 Å². The van der Waals surface area contributed by atoms with Crippen molar-refractivity contribution in [1.29, 1.82) is 10.5 Å². The van der Waals surface area contributed by atoms with Crippen molar-refractivity contribution in [3.63, 3.8) is 0 Å². The Balaban J connectivity index is 2.00. The molecule has 0 spiro atoms. The summed E-state index contributed by atoms with van der Waals surface area (Å²) in [5, 5.41) is 40.1. The minimum Gasteiger partial charge on any atom is -0.506 e. The fourth-order valence-electron chi connectivity index (χ4n) is 3.60. The Hall–Kier alpha value is -4.31. The lowest BCUT2D eigenvalue weighted by Crippen LogP contribution is -2.38. The number of aromatic hydroxyl groups is 2. The Kier molecular flexibility index (Phi) is 7.25. The van der Waals surface area contributed by atoms with E-state index in [1.807, 2.05) is 24.3 Å². The molecule has 0 aliphatic carbocycles. The number of urea groups is 1. The molecule has 0 heterocycles. The van der Waals surface area contributed by atoms with Crippen LogP contribution < -0.4 is 9.80 Å². The van der Waals surface area contributed by atoms with E-state index < -0.39 is 6.03 Å². The molecule has 0 aliphatic heterocycles. The predicted octanol–water partition coefficient (Wildman–Crippen LogP) is 7.46. The van der Waals surface area contributed by atoms with E-state index in [-0.39, 0.29) is 34.0 Å².